The van der Waals surface area contributed by atoms with E-state index in [0.717, 1.165) is 17.4 Å². The maximum atomic E-state index is 12.5. The molecule has 0 saturated carbocycles. The molecule has 0 radical (unpaired) electrons. The highest BCUT2D eigenvalue weighted by Gasteiger charge is 2.35. The zero-order valence-electron chi connectivity index (χ0n) is 9.66. The Morgan fingerprint density at radius 1 is 1.53 bits per heavy atom. The Morgan fingerprint density at radius 2 is 2.18 bits per heavy atom. The van der Waals surface area contributed by atoms with Crippen LogP contribution in [0, 0.1) is 0 Å². The summed E-state index contributed by atoms with van der Waals surface area (Å²) in [7, 11) is 1.40. The van der Waals surface area contributed by atoms with E-state index in [9.17, 15) is 18.0 Å². The van der Waals surface area contributed by atoms with Crippen molar-refractivity contribution >= 4 is 12.2 Å². The molecular weight excluding hydrogens is 235 g/mol. The van der Waals surface area contributed by atoms with Gasteiger partial charge in [0.1, 0.15) is 5.82 Å². The van der Waals surface area contributed by atoms with Crippen LogP contribution in [0.4, 0.5) is 19.0 Å². The Morgan fingerprint density at radius 3 is 2.65 bits per heavy atom. The number of rotatable bonds is 5. The molecule has 17 heavy (non-hydrogen) atoms. The summed E-state index contributed by atoms with van der Waals surface area (Å²) in [6, 6.07) is 0.879. The van der Waals surface area contributed by atoms with Crippen molar-refractivity contribution in [1.29, 1.82) is 0 Å². The minimum absolute atomic E-state index is 0.153. The average molecular weight is 249 g/mol. The molecule has 1 aromatic rings. The Labute approximate surface area is 97.0 Å². The van der Waals surface area contributed by atoms with E-state index in [1.54, 1.807) is 0 Å². The number of hydrogen-bond donors (Lipinski definition) is 0. The molecule has 1 amide bonds. The fourth-order valence-corrected chi connectivity index (χ4v) is 1.36. The normalized spacial score (nSPS) is 11.6. The molecule has 0 unspecified atom stereocenters. The molecule has 0 spiro atoms. The third kappa shape index (κ3) is 3.21. The molecule has 0 bridgehead atoms. The first-order valence-electron chi connectivity index (χ1n) is 5.23. The van der Waals surface area contributed by atoms with Gasteiger partial charge in [0, 0.05) is 19.7 Å². The molecule has 7 heteroatoms. The molecule has 0 fully saturated rings. The van der Waals surface area contributed by atoms with Gasteiger partial charge in [-0.25, -0.2) is 4.68 Å². The maximum absolute atomic E-state index is 12.5. The standard InChI is InChI=1S/C10H14F3N3O/c1-3-4-5-16-9(15(2)7-17)6-8(14-16)10(11,12)13/h6-7H,3-5H2,1-2H3. The highest BCUT2D eigenvalue weighted by Crippen LogP contribution is 2.30. The fraction of sp³-hybridized carbons (Fsp3) is 0.600. The van der Waals surface area contributed by atoms with E-state index >= 15 is 0 Å². The fourth-order valence-electron chi connectivity index (χ4n) is 1.36. The molecule has 0 aliphatic rings. The van der Waals surface area contributed by atoms with Gasteiger partial charge in [0.2, 0.25) is 6.41 Å². The topological polar surface area (TPSA) is 38.1 Å². The van der Waals surface area contributed by atoms with Gasteiger partial charge in [0.05, 0.1) is 0 Å². The number of halogens is 3. The van der Waals surface area contributed by atoms with Gasteiger partial charge in [-0.3, -0.25) is 4.79 Å². The molecule has 0 atom stereocenters. The summed E-state index contributed by atoms with van der Waals surface area (Å²) in [5.41, 5.74) is -0.975. The van der Waals surface area contributed by atoms with Crippen molar-refractivity contribution in [1.82, 2.24) is 9.78 Å². The van der Waals surface area contributed by atoms with Crippen molar-refractivity contribution in [2.75, 3.05) is 11.9 Å². The number of nitrogens with zero attached hydrogens (tertiary/aromatic N) is 3. The molecule has 1 aromatic heterocycles. The second-order valence-corrected chi connectivity index (χ2v) is 3.68. The number of aromatic nitrogens is 2. The lowest BCUT2D eigenvalue weighted by atomic mass is 10.3. The summed E-state index contributed by atoms with van der Waals surface area (Å²) in [6.07, 6.45) is -2.49. The lowest BCUT2D eigenvalue weighted by Gasteiger charge is -2.12. The molecular formula is C10H14F3N3O. The molecule has 4 nitrogen and oxygen atoms in total. The lowest BCUT2D eigenvalue weighted by Crippen LogP contribution is -2.18. The van der Waals surface area contributed by atoms with Crippen LogP contribution in [0.15, 0.2) is 6.07 Å². The second kappa shape index (κ2) is 5.20. The van der Waals surface area contributed by atoms with Gasteiger partial charge < -0.3 is 4.90 Å². The highest BCUT2D eigenvalue weighted by atomic mass is 19.4. The van der Waals surface area contributed by atoms with Crippen molar-refractivity contribution in [3.05, 3.63) is 11.8 Å². The van der Waals surface area contributed by atoms with Crippen LogP contribution in [-0.2, 0) is 17.5 Å². The number of unbranched alkanes of at least 4 members (excludes halogenated alkanes) is 1. The Hall–Kier alpha value is -1.53. The van der Waals surface area contributed by atoms with E-state index in [1.165, 1.54) is 11.7 Å². The van der Waals surface area contributed by atoms with E-state index in [1.807, 2.05) is 6.92 Å². The van der Waals surface area contributed by atoms with E-state index in [0.29, 0.717) is 19.4 Å². The van der Waals surface area contributed by atoms with Gasteiger partial charge in [0.15, 0.2) is 5.69 Å². The number of anilines is 1. The predicted molar refractivity (Wildman–Crippen MR) is 56.6 cm³/mol. The van der Waals surface area contributed by atoms with Crippen molar-refractivity contribution in [2.24, 2.45) is 0 Å². The van der Waals surface area contributed by atoms with Crippen LogP contribution >= 0.6 is 0 Å². The minimum Gasteiger partial charge on any atom is -0.303 e. The predicted octanol–water partition coefficient (Wildman–Crippen LogP) is 2.29. The summed E-state index contributed by atoms with van der Waals surface area (Å²) < 4.78 is 38.7. The van der Waals surface area contributed by atoms with Crippen molar-refractivity contribution < 1.29 is 18.0 Å². The number of carbonyl (C=O) groups is 1. The zero-order chi connectivity index (χ0) is 13.1. The van der Waals surface area contributed by atoms with Gasteiger partial charge in [-0.05, 0) is 6.42 Å². The van der Waals surface area contributed by atoms with Crippen LogP contribution in [0.25, 0.3) is 0 Å². The average Bonchev–Trinajstić information content (AvgIpc) is 2.68. The summed E-state index contributed by atoms with van der Waals surface area (Å²) in [5, 5.41) is 3.48. The third-order valence-corrected chi connectivity index (χ3v) is 2.29. The smallest absolute Gasteiger partial charge is 0.303 e. The van der Waals surface area contributed by atoms with Crippen LogP contribution in [0.1, 0.15) is 25.5 Å². The van der Waals surface area contributed by atoms with E-state index in [-0.39, 0.29) is 5.82 Å². The lowest BCUT2D eigenvalue weighted by molar-refractivity contribution is -0.141. The summed E-state index contributed by atoms with van der Waals surface area (Å²) in [6.45, 7) is 2.29. The largest absolute Gasteiger partial charge is 0.435 e. The number of hydrogen-bond acceptors (Lipinski definition) is 2. The molecule has 0 saturated heterocycles. The van der Waals surface area contributed by atoms with Crippen molar-refractivity contribution in [3.63, 3.8) is 0 Å². The van der Waals surface area contributed by atoms with E-state index in [4.69, 9.17) is 0 Å². The summed E-state index contributed by atoms with van der Waals surface area (Å²) in [5.74, 6) is 0.153. The highest BCUT2D eigenvalue weighted by molar-refractivity contribution is 5.72. The number of amides is 1. The van der Waals surface area contributed by atoms with Crippen LogP contribution in [0.2, 0.25) is 0 Å². The first kappa shape index (κ1) is 13.5. The maximum Gasteiger partial charge on any atom is 0.435 e. The van der Waals surface area contributed by atoms with Gasteiger partial charge in [0.25, 0.3) is 0 Å². The van der Waals surface area contributed by atoms with Crippen molar-refractivity contribution in [2.45, 2.75) is 32.5 Å². The molecule has 0 aromatic carbocycles. The summed E-state index contributed by atoms with van der Waals surface area (Å²) >= 11 is 0. The number of aryl methyl sites for hydroxylation is 1. The number of carbonyl (C=O) groups excluding carboxylic acids is 1. The minimum atomic E-state index is -4.49. The van der Waals surface area contributed by atoms with Crippen LogP contribution in [0.3, 0.4) is 0 Å². The van der Waals surface area contributed by atoms with Crippen LogP contribution in [0.5, 0.6) is 0 Å². The first-order chi connectivity index (χ1) is 7.90. The Bertz CT molecular complexity index is 387. The second-order valence-electron chi connectivity index (χ2n) is 3.68. The van der Waals surface area contributed by atoms with Crippen LogP contribution in [-0.4, -0.2) is 23.2 Å². The Balaban J connectivity index is 3.07. The number of alkyl halides is 3. The molecule has 1 heterocycles. The molecule has 1 rings (SSSR count). The monoisotopic (exact) mass is 249 g/mol. The Kier molecular flexibility index (Phi) is 4.14. The van der Waals surface area contributed by atoms with Crippen molar-refractivity contribution in [3.8, 4) is 0 Å². The van der Waals surface area contributed by atoms with Gasteiger partial charge in [-0.15, -0.1) is 0 Å². The quantitative estimate of drug-likeness (QED) is 0.751. The van der Waals surface area contributed by atoms with Gasteiger partial charge >= 0.3 is 6.18 Å². The first-order valence-corrected chi connectivity index (χ1v) is 5.23. The summed E-state index contributed by atoms with van der Waals surface area (Å²) in [4.78, 5) is 11.7. The third-order valence-electron chi connectivity index (χ3n) is 2.29. The zero-order valence-corrected chi connectivity index (χ0v) is 9.66. The van der Waals surface area contributed by atoms with Crippen LogP contribution < -0.4 is 4.90 Å². The van der Waals surface area contributed by atoms with E-state index in [2.05, 4.69) is 5.10 Å². The van der Waals surface area contributed by atoms with Gasteiger partial charge in [-0.2, -0.15) is 18.3 Å². The SMILES string of the molecule is CCCCn1nc(C(F)(F)F)cc1N(C)C=O. The molecule has 0 aliphatic carbocycles. The molecule has 96 valence electrons. The molecule has 0 aliphatic heterocycles. The van der Waals surface area contributed by atoms with E-state index < -0.39 is 11.9 Å². The van der Waals surface area contributed by atoms with Gasteiger partial charge in [-0.1, -0.05) is 13.3 Å². The molecule has 0 N–H and O–H groups in total.